The van der Waals surface area contributed by atoms with Gasteiger partial charge >= 0.3 is 0 Å². The molecule has 5 nitrogen and oxygen atoms in total. The highest BCUT2D eigenvalue weighted by Crippen LogP contribution is 2.32. The number of hydrogen-bond donors (Lipinski definition) is 1. The van der Waals surface area contributed by atoms with Gasteiger partial charge in [-0.15, -0.1) is 0 Å². The van der Waals surface area contributed by atoms with E-state index in [0.717, 1.165) is 10.6 Å². The molecule has 0 saturated heterocycles. The highest BCUT2D eigenvalue weighted by molar-refractivity contribution is 7.92. The van der Waals surface area contributed by atoms with Gasteiger partial charge in [-0.25, -0.2) is 8.42 Å². The first kappa shape index (κ1) is 20.1. The van der Waals surface area contributed by atoms with E-state index in [9.17, 15) is 13.2 Å². The van der Waals surface area contributed by atoms with Crippen LogP contribution >= 0.6 is 23.2 Å². The Morgan fingerprint density at radius 3 is 2.22 bits per heavy atom. The van der Waals surface area contributed by atoms with Crippen molar-refractivity contribution in [3.05, 3.63) is 28.2 Å². The van der Waals surface area contributed by atoms with Crippen LogP contribution in [0.5, 0.6) is 0 Å². The van der Waals surface area contributed by atoms with Gasteiger partial charge < -0.3 is 5.32 Å². The van der Waals surface area contributed by atoms with Crippen LogP contribution in [0.3, 0.4) is 0 Å². The lowest BCUT2D eigenvalue weighted by atomic mass is 10.1. The number of halogens is 2. The minimum atomic E-state index is -3.73. The van der Waals surface area contributed by atoms with Crippen LogP contribution in [0, 0.1) is 5.92 Å². The maximum absolute atomic E-state index is 12.4. The summed E-state index contributed by atoms with van der Waals surface area (Å²) in [5.41, 5.74) is 0.182. The Labute approximate surface area is 148 Å². The Balaban J connectivity index is 3.23. The van der Waals surface area contributed by atoms with E-state index in [4.69, 9.17) is 23.2 Å². The van der Waals surface area contributed by atoms with E-state index in [1.165, 1.54) is 19.1 Å². The molecule has 0 unspecified atom stereocenters. The fourth-order valence-corrected chi connectivity index (χ4v) is 3.55. The van der Waals surface area contributed by atoms with Crippen LogP contribution in [0.2, 0.25) is 10.0 Å². The van der Waals surface area contributed by atoms with Crippen molar-refractivity contribution in [2.45, 2.75) is 39.8 Å². The average molecular weight is 381 g/mol. The fourth-order valence-electron chi connectivity index (χ4n) is 1.95. The van der Waals surface area contributed by atoms with Crippen molar-refractivity contribution in [2.24, 2.45) is 5.92 Å². The standard InChI is InChI=1S/C15H22Cl2N2O3S/c1-9(2)10(3)18-15(20)11(4)19(23(5,21)22)14-8-12(16)6-7-13(14)17/h6-11H,1-5H3,(H,18,20)/t10-,11+/m0/s1. The SMILES string of the molecule is CC(C)[C@H](C)NC(=O)[C@@H](C)N(c1cc(Cl)ccc1Cl)S(C)(=O)=O. The van der Waals surface area contributed by atoms with Crippen molar-refractivity contribution in [2.75, 3.05) is 10.6 Å². The Kier molecular flexibility index (Phi) is 6.74. The van der Waals surface area contributed by atoms with E-state index < -0.39 is 22.0 Å². The van der Waals surface area contributed by atoms with Gasteiger partial charge in [0.25, 0.3) is 0 Å². The van der Waals surface area contributed by atoms with Gasteiger partial charge in [0.1, 0.15) is 6.04 Å². The molecule has 0 spiro atoms. The summed E-state index contributed by atoms with van der Waals surface area (Å²) in [5.74, 6) is -0.166. The second-order valence-electron chi connectivity index (χ2n) is 5.87. The molecule has 1 N–H and O–H groups in total. The molecule has 0 fully saturated rings. The van der Waals surface area contributed by atoms with Crippen LogP contribution in [0.25, 0.3) is 0 Å². The molecular formula is C15H22Cl2N2O3S. The minimum absolute atomic E-state index is 0.0822. The molecule has 8 heteroatoms. The Hall–Kier alpha value is -0.980. The van der Waals surface area contributed by atoms with Crippen LogP contribution in [0.4, 0.5) is 5.69 Å². The summed E-state index contributed by atoms with van der Waals surface area (Å²) in [5, 5.41) is 3.35. The van der Waals surface area contributed by atoms with Crippen molar-refractivity contribution in [3.63, 3.8) is 0 Å². The molecule has 1 aromatic rings. The number of anilines is 1. The summed E-state index contributed by atoms with van der Waals surface area (Å²) in [6.45, 7) is 7.32. The lowest BCUT2D eigenvalue weighted by Gasteiger charge is -2.30. The normalized spacial score (nSPS) is 14.4. The number of nitrogens with one attached hydrogen (secondary N) is 1. The maximum atomic E-state index is 12.4. The molecule has 0 aliphatic heterocycles. The van der Waals surface area contributed by atoms with Crippen molar-refractivity contribution < 1.29 is 13.2 Å². The average Bonchev–Trinajstić information content (AvgIpc) is 2.40. The minimum Gasteiger partial charge on any atom is -0.352 e. The summed E-state index contributed by atoms with van der Waals surface area (Å²) in [7, 11) is -3.73. The first-order chi connectivity index (χ1) is 10.4. The Morgan fingerprint density at radius 2 is 1.74 bits per heavy atom. The molecule has 0 saturated carbocycles. The number of rotatable bonds is 6. The first-order valence-corrected chi connectivity index (χ1v) is 9.80. The van der Waals surface area contributed by atoms with Crippen molar-refractivity contribution in [1.29, 1.82) is 0 Å². The van der Waals surface area contributed by atoms with Gasteiger partial charge in [-0.3, -0.25) is 9.10 Å². The smallest absolute Gasteiger partial charge is 0.243 e. The largest absolute Gasteiger partial charge is 0.352 e. The predicted octanol–water partition coefficient (Wildman–Crippen LogP) is 3.31. The van der Waals surface area contributed by atoms with Gasteiger partial charge in [-0.2, -0.15) is 0 Å². The number of hydrogen-bond acceptors (Lipinski definition) is 3. The lowest BCUT2D eigenvalue weighted by molar-refractivity contribution is -0.122. The number of amides is 1. The summed E-state index contributed by atoms with van der Waals surface area (Å²) in [6, 6.07) is 3.45. The number of carbonyl (C=O) groups is 1. The maximum Gasteiger partial charge on any atom is 0.243 e. The summed E-state index contributed by atoms with van der Waals surface area (Å²) in [4.78, 5) is 12.4. The Morgan fingerprint density at radius 1 is 1.17 bits per heavy atom. The zero-order chi connectivity index (χ0) is 17.9. The van der Waals surface area contributed by atoms with Crippen molar-refractivity contribution in [3.8, 4) is 0 Å². The molecule has 0 radical (unpaired) electrons. The zero-order valence-electron chi connectivity index (χ0n) is 13.8. The van der Waals surface area contributed by atoms with Gasteiger partial charge in [0, 0.05) is 11.1 Å². The number of benzene rings is 1. The van der Waals surface area contributed by atoms with E-state index >= 15 is 0 Å². The summed E-state index contributed by atoms with van der Waals surface area (Å²) >= 11 is 12.0. The number of sulfonamides is 1. The quantitative estimate of drug-likeness (QED) is 0.822. The van der Waals surface area contributed by atoms with Gasteiger partial charge in [-0.1, -0.05) is 37.0 Å². The van der Waals surface area contributed by atoms with Crippen LogP contribution in [0.15, 0.2) is 18.2 Å². The molecule has 1 amide bonds. The second-order valence-corrected chi connectivity index (χ2v) is 8.57. The third kappa shape index (κ3) is 5.26. The van der Waals surface area contributed by atoms with Crippen LogP contribution in [-0.2, 0) is 14.8 Å². The molecule has 0 aliphatic carbocycles. The number of carbonyl (C=O) groups excluding carboxylic acids is 1. The van der Waals surface area contributed by atoms with Gasteiger partial charge in [0.05, 0.1) is 17.0 Å². The molecule has 2 atom stereocenters. The van der Waals surface area contributed by atoms with Crippen molar-refractivity contribution >= 4 is 44.8 Å². The van der Waals surface area contributed by atoms with Gasteiger partial charge in [0.2, 0.25) is 15.9 Å². The zero-order valence-corrected chi connectivity index (χ0v) is 16.1. The molecule has 130 valence electrons. The summed E-state index contributed by atoms with van der Waals surface area (Å²) < 4.78 is 25.4. The predicted molar refractivity (Wildman–Crippen MR) is 95.7 cm³/mol. The number of nitrogens with zero attached hydrogens (tertiary/aromatic N) is 1. The van der Waals surface area contributed by atoms with E-state index in [0.29, 0.717) is 5.02 Å². The van der Waals surface area contributed by atoms with Gasteiger partial charge in [0.15, 0.2) is 0 Å². The Bertz CT molecular complexity index is 677. The molecule has 1 rings (SSSR count). The monoisotopic (exact) mass is 380 g/mol. The second kappa shape index (κ2) is 7.73. The highest BCUT2D eigenvalue weighted by atomic mass is 35.5. The van der Waals surface area contributed by atoms with Crippen LogP contribution in [0.1, 0.15) is 27.7 Å². The third-order valence-electron chi connectivity index (χ3n) is 3.60. The molecule has 0 aromatic heterocycles. The van der Waals surface area contributed by atoms with Crippen molar-refractivity contribution in [1.82, 2.24) is 5.32 Å². The van der Waals surface area contributed by atoms with E-state index in [1.54, 1.807) is 6.07 Å². The summed E-state index contributed by atoms with van der Waals surface area (Å²) in [6.07, 6.45) is 1.03. The van der Waals surface area contributed by atoms with Gasteiger partial charge in [-0.05, 0) is 38.0 Å². The molecule has 0 bridgehead atoms. The molecular weight excluding hydrogens is 359 g/mol. The molecule has 0 heterocycles. The molecule has 0 aliphatic rings. The molecule has 1 aromatic carbocycles. The van der Waals surface area contributed by atoms with E-state index in [2.05, 4.69) is 5.32 Å². The first-order valence-electron chi connectivity index (χ1n) is 7.20. The fraction of sp³-hybridized carbons (Fsp3) is 0.533. The highest BCUT2D eigenvalue weighted by Gasteiger charge is 2.31. The van der Waals surface area contributed by atoms with E-state index in [-0.39, 0.29) is 22.7 Å². The van der Waals surface area contributed by atoms with Crippen LogP contribution in [-0.4, -0.2) is 32.7 Å². The molecule has 23 heavy (non-hydrogen) atoms. The lowest BCUT2D eigenvalue weighted by Crippen LogP contribution is -2.50. The third-order valence-corrected chi connectivity index (χ3v) is 5.39. The van der Waals surface area contributed by atoms with E-state index in [1.807, 2.05) is 20.8 Å². The topological polar surface area (TPSA) is 66.5 Å². The van der Waals surface area contributed by atoms with Crippen LogP contribution < -0.4 is 9.62 Å².